The summed E-state index contributed by atoms with van der Waals surface area (Å²) >= 11 is 0. The molecule has 3 rings (SSSR count). The molecule has 0 fully saturated rings. The van der Waals surface area contributed by atoms with Crippen molar-refractivity contribution in [2.75, 3.05) is 0 Å². The molecular formula is C17H14F2O. The Morgan fingerprint density at radius 3 is 2.10 bits per heavy atom. The van der Waals surface area contributed by atoms with E-state index in [2.05, 4.69) is 0 Å². The Morgan fingerprint density at radius 2 is 1.55 bits per heavy atom. The van der Waals surface area contributed by atoms with Crippen LogP contribution in [0.5, 0.6) is 0 Å². The van der Waals surface area contributed by atoms with E-state index in [4.69, 9.17) is 0 Å². The topological polar surface area (TPSA) is 17.1 Å². The quantitative estimate of drug-likeness (QED) is 0.836. The van der Waals surface area contributed by atoms with Gasteiger partial charge < -0.3 is 0 Å². The van der Waals surface area contributed by atoms with E-state index in [-0.39, 0.29) is 18.1 Å². The van der Waals surface area contributed by atoms with Gasteiger partial charge >= 0.3 is 0 Å². The van der Waals surface area contributed by atoms with E-state index in [1.807, 2.05) is 24.3 Å². The van der Waals surface area contributed by atoms with Crippen LogP contribution in [0.3, 0.4) is 0 Å². The Bertz CT molecular complexity index is 619. The van der Waals surface area contributed by atoms with Crippen molar-refractivity contribution in [3.8, 4) is 0 Å². The van der Waals surface area contributed by atoms with E-state index in [9.17, 15) is 13.6 Å². The second-order valence-electron chi connectivity index (χ2n) is 5.29. The summed E-state index contributed by atoms with van der Waals surface area (Å²) in [5.74, 6) is -1.30. The van der Waals surface area contributed by atoms with Crippen LogP contribution >= 0.6 is 0 Å². The van der Waals surface area contributed by atoms with Crippen LogP contribution < -0.4 is 0 Å². The zero-order valence-corrected chi connectivity index (χ0v) is 10.9. The molecule has 0 saturated heterocycles. The maximum Gasteiger partial charge on any atom is 0.140 e. The van der Waals surface area contributed by atoms with Crippen LogP contribution in [0.15, 0.2) is 42.5 Å². The number of carbonyl (C=O) groups excluding carboxylic acids is 1. The Morgan fingerprint density at radius 1 is 1.00 bits per heavy atom. The summed E-state index contributed by atoms with van der Waals surface area (Å²) in [6, 6.07) is 11.3. The van der Waals surface area contributed by atoms with Gasteiger partial charge in [0.1, 0.15) is 17.4 Å². The highest BCUT2D eigenvalue weighted by molar-refractivity contribution is 5.84. The summed E-state index contributed by atoms with van der Waals surface area (Å²) in [4.78, 5) is 12.3. The first kappa shape index (κ1) is 13.0. The molecule has 1 nitrogen and oxygen atoms in total. The number of hydrogen-bond donors (Lipinski definition) is 0. The third-order valence-corrected chi connectivity index (χ3v) is 3.81. The molecule has 2 aromatic carbocycles. The molecule has 0 N–H and O–H groups in total. The number of benzene rings is 2. The fourth-order valence-corrected chi connectivity index (χ4v) is 2.85. The molecule has 0 atom stereocenters. The van der Waals surface area contributed by atoms with Crippen molar-refractivity contribution in [2.24, 2.45) is 5.92 Å². The molecule has 3 heteroatoms. The highest BCUT2D eigenvalue weighted by Gasteiger charge is 2.26. The van der Waals surface area contributed by atoms with Gasteiger partial charge in [0.15, 0.2) is 0 Å². The Labute approximate surface area is 116 Å². The molecule has 0 aromatic heterocycles. The summed E-state index contributed by atoms with van der Waals surface area (Å²) in [5.41, 5.74) is 2.82. The van der Waals surface area contributed by atoms with Crippen LogP contribution in [-0.2, 0) is 24.1 Å². The van der Waals surface area contributed by atoms with Crippen LogP contribution in [-0.4, -0.2) is 5.78 Å². The lowest BCUT2D eigenvalue weighted by Gasteiger charge is -2.08. The zero-order valence-electron chi connectivity index (χ0n) is 10.9. The molecule has 1 aliphatic carbocycles. The van der Waals surface area contributed by atoms with Crippen LogP contribution in [0.4, 0.5) is 8.78 Å². The van der Waals surface area contributed by atoms with Crippen LogP contribution in [0, 0.1) is 17.6 Å². The minimum absolute atomic E-state index is 0.0474. The van der Waals surface area contributed by atoms with Crippen molar-refractivity contribution in [3.63, 3.8) is 0 Å². The van der Waals surface area contributed by atoms with Crippen LogP contribution in [0.1, 0.15) is 16.7 Å². The first-order valence-electron chi connectivity index (χ1n) is 6.66. The lowest BCUT2D eigenvalue weighted by atomic mass is 9.95. The van der Waals surface area contributed by atoms with E-state index >= 15 is 0 Å². The van der Waals surface area contributed by atoms with Gasteiger partial charge in [-0.1, -0.05) is 24.3 Å². The average molecular weight is 272 g/mol. The van der Waals surface area contributed by atoms with Gasteiger partial charge in [-0.15, -0.1) is 0 Å². The molecule has 20 heavy (non-hydrogen) atoms. The van der Waals surface area contributed by atoms with Gasteiger partial charge in [0.2, 0.25) is 0 Å². The van der Waals surface area contributed by atoms with Crippen molar-refractivity contribution in [3.05, 3.63) is 70.8 Å². The third kappa shape index (κ3) is 2.62. The average Bonchev–Trinajstić information content (AvgIpc) is 2.81. The van der Waals surface area contributed by atoms with Gasteiger partial charge in [0.25, 0.3) is 0 Å². The smallest absolute Gasteiger partial charge is 0.140 e. The molecule has 2 aromatic rings. The van der Waals surface area contributed by atoms with Crippen LogP contribution in [0.25, 0.3) is 0 Å². The van der Waals surface area contributed by atoms with E-state index < -0.39 is 11.6 Å². The van der Waals surface area contributed by atoms with E-state index in [0.717, 1.165) is 18.9 Å². The number of hydrogen-bond acceptors (Lipinski definition) is 1. The molecule has 0 bridgehead atoms. The normalized spacial score (nSPS) is 14.3. The third-order valence-electron chi connectivity index (χ3n) is 3.81. The monoisotopic (exact) mass is 272 g/mol. The maximum absolute atomic E-state index is 13.1. The first-order chi connectivity index (χ1) is 9.61. The van der Waals surface area contributed by atoms with Crippen molar-refractivity contribution >= 4 is 5.78 Å². The summed E-state index contributed by atoms with van der Waals surface area (Å²) in [5, 5.41) is 0. The van der Waals surface area contributed by atoms with Crippen molar-refractivity contribution in [1.82, 2.24) is 0 Å². The van der Waals surface area contributed by atoms with Gasteiger partial charge in [-0.2, -0.15) is 0 Å². The van der Waals surface area contributed by atoms with Crippen molar-refractivity contribution < 1.29 is 13.6 Å². The molecule has 1 aliphatic rings. The minimum Gasteiger partial charge on any atom is -0.299 e. The zero-order chi connectivity index (χ0) is 14.1. The number of ketones is 1. The Kier molecular flexibility index (Phi) is 3.35. The van der Waals surface area contributed by atoms with E-state index in [0.29, 0.717) is 5.56 Å². The number of carbonyl (C=O) groups is 1. The van der Waals surface area contributed by atoms with E-state index in [1.165, 1.54) is 23.3 Å². The van der Waals surface area contributed by atoms with Gasteiger partial charge in [0, 0.05) is 18.4 Å². The Hall–Kier alpha value is -2.03. The van der Waals surface area contributed by atoms with Crippen LogP contribution in [0.2, 0.25) is 0 Å². The molecule has 0 radical (unpaired) electrons. The molecule has 0 unspecified atom stereocenters. The fraction of sp³-hybridized carbons (Fsp3) is 0.235. The first-order valence-corrected chi connectivity index (χ1v) is 6.66. The van der Waals surface area contributed by atoms with Crippen molar-refractivity contribution in [1.29, 1.82) is 0 Å². The molecule has 0 amide bonds. The number of fused-ring (bicyclic) bond motifs is 1. The lowest BCUT2D eigenvalue weighted by Crippen LogP contribution is -2.17. The number of halogens is 2. The van der Waals surface area contributed by atoms with Gasteiger partial charge in [-0.25, -0.2) is 8.78 Å². The predicted molar refractivity (Wildman–Crippen MR) is 72.4 cm³/mol. The molecule has 0 spiro atoms. The molecular weight excluding hydrogens is 258 g/mol. The molecule has 0 aliphatic heterocycles. The minimum atomic E-state index is -0.637. The number of rotatable bonds is 3. The number of Topliss-reactive ketones (excluding diaryl/α,β-unsaturated/α-hetero) is 1. The summed E-state index contributed by atoms with van der Waals surface area (Å²) < 4.78 is 26.2. The second kappa shape index (κ2) is 5.16. The highest BCUT2D eigenvalue weighted by atomic mass is 19.1. The lowest BCUT2D eigenvalue weighted by molar-refractivity contribution is -0.121. The van der Waals surface area contributed by atoms with Crippen molar-refractivity contribution in [2.45, 2.75) is 19.3 Å². The Balaban J connectivity index is 1.72. The summed E-state index contributed by atoms with van der Waals surface area (Å²) in [6.45, 7) is 0. The second-order valence-corrected chi connectivity index (χ2v) is 5.29. The molecule has 0 saturated carbocycles. The standard InChI is InChI=1S/C17H14F2O/c18-15-5-11(6-16(19)10-15)7-17(20)14-8-12-3-1-2-4-13(12)9-14/h1-6,10,14H,7-9H2. The van der Waals surface area contributed by atoms with Gasteiger partial charge in [-0.05, 0) is 41.7 Å². The SMILES string of the molecule is O=C(Cc1cc(F)cc(F)c1)C1Cc2ccccc2C1. The molecule has 0 heterocycles. The fourth-order valence-electron chi connectivity index (χ4n) is 2.85. The summed E-state index contributed by atoms with van der Waals surface area (Å²) in [6.07, 6.45) is 1.55. The maximum atomic E-state index is 13.1. The predicted octanol–water partition coefficient (Wildman–Crippen LogP) is 3.49. The van der Waals surface area contributed by atoms with E-state index in [1.54, 1.807) is 0 Å². The van der Waals surface area contributed by atoms with Gasteiger partial charge in [-0.3, -0.25) is 4.79 Å². The molecule has 102 valence electrons. The summed E-state index contributed by atoms with van der Waals surface area (Å²) in [7, 11) is 0. The highest BCUT2D eigenvalue weighted by Crippen LogP contribution is 2.28. The van der Waals surface area contributed by atoms with Gasteiger partial charge in [0.05, 0.1) is 0 Å². The largest absolute Gasteiger partial charge is 0.299 e.